The molecule has 0 spiro atoms. The lowest BCUT2D eigenvalue weighted by Crippen LogP contribution is -2.33. The molecule has 0 amide bonds. The van der Waals surface area contributed by atoms with Crippen LogP contribution in [0.15, 0.2) is 23.1 Å². The maximum Gasteiger partial charge on any atom is 0.246 e. The van der Waals surface area contributed by atoms with E-state index in [2.05, 4.69) is 0 Å². The summed E-state index contributed by atoms with van der Waals surface area (Å²) < 4.78 is 31.2. The summed E-state index contributed by atoms with van der Waals surface area (Å²) in [5, 5.41) is 0. The number of benzene rings is 1. The molecule has 0 fully saturated rings. The largest absolute Gasteiger partial charge is 0.495 e. The molecule has 5 nitrogen and oxygen atoms in total. The van der Waals surface area contributed by atoms with Crippen molar-refractivity contribution in [1.29, 1.82) is 0 Å². The van der Waals surface area contributed by atoms with Crippen LogP contribution in [0.3, 0.4) is 0 Å². The number of methoxy groups -OCH3 is 1. The van der Waals surface area contributed by atoms with Gasteiger partial charge in [-0.1, -0.05) is 6.07 Å². The van der Waals surface area contributed by atoms with Gasteiger partial charge >= 0.3 is 0 Å². The van der Waals surface area contributed by atoms with Gasteiger partial charge in [0.05, 0.1) is 7.11 Å². The van der Waals surface area contributed by atoms with Gasteiger partial charge in [-0.25, -0.2) is 8.42 Å². The molecule has 0 aromatic heterocycles. The standard InChI is InChI=1S/C12H20N2O3S/c1-9(2)14(3)18(15,16)12-6-5-10(8-13)7-11(12)17-4/h5-7,9H,8,13H2,1-4H3. The number of hydrogen-bond acceptors (Lipinski definition) is 4. The van der Waals surface area contributed by atoms with E-state index in [-0.39, 0.29) is 10.9 Å². The molecule has 0 radical (unpaired) electrons. The van der Waals surface area contributed by atoms with Crippen LogP contribution in [0.1, 0.15) is 19.4 Å². The van der Waals surface area contributed by atoms with E-state index in [4.69, 9.17) is 10.5 Å². The summed E-state index contributed by atoms with van der Waals surface area (Å²) >= 11 is 0. The van der Waals surface area contributed by atoms with Gasteiger partial charge in [0.1, 0.15) is 10.6 Å². The summed E-state index contributed by atoms with van der Waals surface area (Å²) in [7, 11) is -0.538. The van der Waals surface area contributed by atoms with Crippen molar-refractivity contribution >= 4 is 10.0 Å². The first-order valence-corrected chi connectivity index (χ1v) is 7.13. The average molecular weight is 272 g/mol. The first kappa shape index (κ1) is 14.9. The molecular weight excluding hydrogens is 252 g/mol. The highest BCUT2D eigenvalue weighted by atomic mass is 32.2. The van der Waals surface area contributed by atoms with Crippen molar-refractivity contribution in [2.24, 2.45) is 5.73 Å². The molecule has 2 N–H and O–H groups in total. The van der Waals surface area contributed by atoms with Crippen molar-refractivity contribution in [1.82, 2.24) is 4.31 Å². The topological polar surface area (TPSA) is 72.6 Å². The van der Waals surface area contributed by atoms with E-state index in [0.717, 1.165) is 5.56 Å². The van der Waals surface area contributed by atoms with Gasteiger partial charge in [0.2, 0.25) is 10.0 Å². The molecule has 1 aromatic rings. The fourth-order valence-electron chi connectivity index (χ4n) is 1.48. The second-order valence-corrected chi connectivity index (χ2v) is 6.27. The smallest absolute Gasteiger partial charge is 0.246 e. The van der Waals surface area contributed by atoms with E-state index in [1.54, 1.807) is 19.2 Å². The summed E-state index contributed by atoms with van der Waals surface area (Å²) in [4.78, 5) is 0.165. The van der Waals surface area contributed by atoms with Crippen LogP contribution < -0.4 is 10.5 Å². The highest BCUT2D eigenvalue weighted by Crippen LogP contribution is 2.28. The first-order valence-electron chi connectivity index (χ1n) is 5.69. The van der Waals surface area contributed by atoms with E-state index in [0.29, 0.717) is 12.3 Å². The number of hydrogen-bond donors (Lipinski definition) is 1. The van der Waals surface area contributed by atoms with Gasteiger partial charge in [0.15, 0.2) is 0 Å². The average Bonchev–Trinajstić information content (AvgIpc) is 2.36. The molecular formula is C12H20N2O3S. The van der Waals surface area contributed by atoms with Crippen LogP contribution in [0, 0.1) is 0 Å². The fourth-order valence-corrected chi connectivity index (χ4v) is 2.99. The minimum atomic E-state index is -3.54. The summed E-state index contributed by atoms with van der Waals surface area (Å²) in [6.45, 7) is 3.98. The number of sulfonamides is 1. The van der Waals surface area contributed by atoms with Crippen LogP contribution in [0.2, 0.25) is 0 Å². The molecule has 0 unspecified atom stereocenters. The predicted molar refractivity (Wildman–Crippen MR) is 71.0 cm³/mol. The molecule has 6 heteroatoms. The van der Waals surface area contributed by atoms with Gasteiger partial charge in [0, 0.05) is 19.6 Å². The monoisotopic (exact) mass is 272 g/mol. The van der Waals surface area contributed by atoms with Crippen molar-refractivity contribution in [3.05, 3.63) is 23.8 Å². The molecule has 0 aliphatic carbocycles. The zero-order valence-electron chi connectivity index (χ0n) is 11.2. The summed E-state index contributed by atoms with van der Waals surface area (Å²) in [6.07, 6.45) is 0. The maximum absolute atomic E-state index is 12.4. The van der Waals surface area contributed by atoms with Gasteiger partial charge in [-0.3, -0.25) is 0 Å². The number of nitrogens with zero attached hydrogens (tertiary/aromatic N) is 1. The Morgan fingerprint density at radius 3 is 2.44 bits per heavy atom. The third-order valence-electron chi connectivity index (χ3n) is 2.85. The molecule has 0 heterocycles. The van der Waals surface area contributed by atoms with E-state index < -0.39 is 10.0 Å². The van der Waals surface area contributed by atoms with Gasteiger partial charge < -0.3 is 10.5 Å². The Kier molecular flexibility index (Phi) is 4.72. The normalized spacial score (nSPS) is 12.2. The SMILES string of the molecule is COc1cc(CN)ccc1S(=O)(=O)N(C)C(C)C. The molecule has 18 heavy (non-hydrogen) atoms. The summed E-state index contributed by atoms with van der Waals surface area (Å²) in [5.74, 6) is 0.324. The highest BCUT2D eigenvalue weighted by molar-refractivity contribution is 7.89. The second-order valence-electron chi connectivity index (χ2n) is 4.30. The second kappa shape index (κ2) is 5.69. The highest BCUT2D eigenvalue weighted by Gasteiger charge is 2.26. The molecule has 0 bridgehead atoms. The third-order valence-corrected chi connectivity index (χ3v) is 4.92. The summed E-state index contributed by atoms with van der Waals surface area (Å²) in [5.41, 5.74) is 6.36. The molecule has 1 rings (SSSR count). The minimum absolute atomic E-state index is 0.117. The van der Waals surface area contributed by atoms with Crippen LogP contribution in [0.5, 0.6) is 5.75 Å². The number of nitrogens with two attached hydrogens (primary N) is 1. The predicted octanol–water partition coefficient (Wildman–Crippen LogP) is 1.18. The fraction of sp³-hybridized carbons (Fsp3) is 0.500. The molecule has 0 aliphatic heterocycles. The Bertz CT molecular complexity index is 512. The Balaban J connectivity index is 3.32. The van der Waals surface area contributed by atoms with Crippen molar-refractivity contribution < 1.29 is 13.2 Å². The third kappa shape index (κ3) is 2.82. The molecule has 0 saturated heterocycles. The Hall–Kier alpha value is -1.11. The number of rotatable bonds is 5. The van der Waals surface area contributed by atoms with Crippen LogP contribution in [0.4, 0.5) is 0 Å². The lowest BCUT2D eigenvalue weighted by Gasteiger charge is -2.22. The van der Waals surface area contributed by atoms with Gasteiger partial charge in [0.25, 0.3) is 0 Å². The van der Waals surface area contributed by atoms with Crippen molar-refractivity contribution in [3.63, 3.8) is 0 Å². The molecule has 102 valence electrons. The maximum atomic E-state index is 12.4. The van der Waals surface area contributed by atoms with E-state index in [9.17, 15) is 8.42 Å². The van der Waals surface area contributed by atoms with Crippen LogP contribution in [0.25, 0.3) is 0 Å². The van der Waals surface area contributed by atoms with Crippen molar-refractivity contribution in [3.8, 4) is 5.75 Å². The van der Waals surface area contributed by atoms with Crippen LogP contribution in [-0.2, 0) is 16.6 Å². The Morgan fingerprint density at radius 2 is 2.00 bits per heavy atom. The lowest BCUT2D eigenvalue weighted by molar-refractivity contribution is 0.387. The zero-order chi connectivity index (χ0) is 13.9. The van der Waals surface area contributed by atoms with Gasteiger partial charge in [-0.15, -0.1) is 0 Å². The lowest BCUT2D eigenvalue weighted by atomic mass is 10.2. The van der Waals surface area contributed by atoms with Gasteiger partial charge in [-0.2, -0.15) is 4.31 Å². The van der Waals surface area contributed by atoms with Crippen LogP contribution in [-0.4, -0.2) is 32.9 Å². The quantitative estimate of drug-likeness (QED) is 0.873. The summed E-state index contributed by atoms with van der Waals surface area (Å²) in [6, 6.07) is 4.77. The van der Waals surface area contributed by atoms with Crippen LogP contribution >= 0.6 is 0 Å². The van der Waals surface area contributed by atoms with Gasteiger partial charge in [-0.05, 0) is 31.5 Å². The molecule has 1 aromatic carbocycles. The van der Waals surface area contributed by atoms with E-state index >= 15 is 0 Å². The first-order chi connectivity index (χ1) is 8.34. The van der Waals surface area contributed by atoms with Crippen molar-refractivity contribution in [2.45, 2.75) is 31.3 Å². The molecule has 0 atom stereocenters. The Morgan fingerprint density at radius 1 is 1.39 bits per heavy atom. The van der Waals surface area contributed by atoms with Crippen molar-refractivity contribution in [2.75, 3.05) is 14.2 Å². The molecule has 0 aliphatic rings. The van der Waals surface area contributed by atoms with E-state index in [1.807, 2.05) is 13.8 Å². The number of ether oxygens (including phenoxy) is 1. The zero-order valence-corrected chi connectivity index (χ0v) is 12.0. The minimum Gasteiger partial charge on any atom is -0.495 e. The van der Waals surface area contributed by atoms with E-state index in [1.165, 1.54) is 17.5 Å². The molecule has 0 saturated carbocycles. The Labute approximate surface area is 109 Å².